The van der Waals surface area contributed by atoms with Gasteiger partial charge in [-0.05, 0) is 43.0 Å². The van der Waals surface area contributed by atoms with Crippen LogP contribution in [0.2, 0.25) is 0 Å². The Morgan fingerprint density at radius 1 is 1.36 bits per heavy atom. The fourth-order valence-electron chi connectivity index (χ4n) is 3.07. The van der Waals surface area contributed by atoms with Crippen molar-refractivity contribution in [2.45, 2.75) is 38.5 Å². The van der Waals surface area contributed by atoms with Crippen molar-refractivity contribution in [3.63, 3.8) is 0 Å². The first-order chi connectivity index (χ1) is 10.1. The van der Waals surface area contributed by atoms with E-state index in [1.54, 1.807) is 7.11 Å². The van der Waals surface area contributed by atoms with Crippen molar-refractivity contribution in [2.75, 3.05) is 19.0 Å². The molecule has 0 unspecified atom stereocenters. The van der Waals surface area contributed by atoms with Crippen LogP contribution in [0.1, 0.15) is 38.5 Å². The smallest absolute Gasteiger partial charge is 0.225 e. The van der Waals surface area contributed by atoms with Crippen molar-refractivity contribution in [3.05, 3.63) is 22.7 Å². The number of nitrogens with one attached hydrogen (secondary N) is 1. The molecule has 0 atom stereocenters. The molecule has 1 aromatic carbocycles. The highest BCUT2D eigenvalue weighted by Gasteiger charge is 2.33. The molecule has 4 nitrogen and oxygen atoms in total. The molecule has 1 aromatic rings. The molecule has 0 aromatic heterocycles. The van der Waals surface area contributed by atoms with Crippen LogP contribution in [0.3, 0.4) is 0 Å². The van der Waals surface area contributed by atoms with Crippen LogP contribution >= 0.6 is 28.3 Å². The first-order valence-electron chi connectivity index (χ1n) is 7.42. The maximum absolute atomic E-state index is 12.4. The van der Waals surface area contributed by atoms with Crippen LogP contribution in [0.5, 0.6) is 5.75 Å². The summed E-state index contributed by atoms with van der Waals surface area (Å²) in [5, 5.41) is 2.96. The summed E-state index contributed by atoms with van der Waals surface area (Å²) in [6.45, 7) is 0.579. The van der Waals surface area contributed by atoms with E-state index in [2.05, 4.69) is 21.2 Å². The zero-order valence-corrected chi connectivity index (χ0v) is 15.3. The lowest BCUT2D eigenvalue weighted by Crippen LogP contribution is -2.36. The summed E-state index contributed by atoms with van der Waals surface area (Å²) in [7, 11) is 1.60. The van der Waals surface area contributed by atoms with Crippen molar-refractivity contribution in [1.82, 2.24) is 0 Å². The van der Waals surface area contributed by atoms with Gasteiger partial charge in [0.15, 0.2) is 0 Å². The lowest BCUT2D eigenvalue weighted by Gasteiger charge is -2.35. The Morgan fingerprint density at radius 3 is 2.64 bits per heavy atom. The Hall–Kier alpha value is -0.780. The molecule has 6 heteroatoms. The summed E-state index contributed by atoms with van der Waals surface area (Å²) in [6, 6.07) is 5.57. The number of hydrogen-bond donors (Lipinski definition) is 2. The van der Waals surface area contributed by atoms with Crippen molar-refractivity contribution in [3.8, 4) is 5.75 Å². The van der Waals surface area contributed by atoms with Crippen LogP contribution in [-0.2, 0) is 4.79 Å². The Balaban J connectivity index is 0.00000242. The van der Waals surface area contributed by atoms with Gasteiger partial charge in [-0.1, -0.05) is 35.2 Å². The molecule has 1 fully saturated rings. The van der Waals surface area contributed by atoms with Gasteiger partial charge in [0.2, 0.25) is 5.91 Å². The minimum Gasteiger partial charge on any atom is -0.495 e. The van der Waals surface area contributed by atoms with Crippen molar-refractivity contribution in [1.29, 1.82) is 0 Å². The molecule has 0 radical (unpaired) electrons. The molecule has 0 heterocycles. The van der Waals surface area contributed by atoms with E-state index < -0.39 is 0 Å². The normalized spacial score (nSPS) is 16.5. The third-order valence-corrected chi connectivity index (χ3v) is 4.81. The minimum atomic E-state index is -0.0262. The number of carbonyl (C=O) groups excluding carboxylic acids is 1. The highest BCUT2D eigenvalue weighted by Crippen LogP contribution is 2.39. The molecule has 1 aliphatic rings. The fourth-order valence-corrected chi connectivity index (χ4v) is 3.43. The average molecular weight is 392 g/mol. The van der Waals surface area contributed by atoms with Crippen LogP contribution in [0.15, 0.2) is 22.7 Å². The van der Waals surface area contributed by atoms with E-state index in [4.69, 9.17) is 10.5 Å². The van der Waals surface area contributed by atoms with Gasteiger partial charge in [-0.2, -0.15) is 0 Å². The lowest BCUT2D eigenvalue weighted by atomic mass is 9.71. The first-order valence-corrected chi connectivity index (χ1v) is 8.21. The van der Waals surface area contributed by atoms with Crippen LogP contribution in [0.25, 0.3) is 0 Å². The van der Waals surface area contributed by atoms with Gasteiger partial charge in [-0.25, -0.2) is 0 Å². The highest BCUT2D eigenvalue weighted by molar-refractivity contribution is 9.10. The SMILES string of the molecule is COc1ccc(Br)cc1NC(=O)CC1(CN)CCCCC1.Cl. The quantitative estimate of drug-likeness (QED) is 0.793. The van der Waals surface area contributed by atoms with E-state index in [1.165, 1.54) is 19.3 Å². The van der Waals surface area contributed by atoms with Gasteiger partial charge < -0.3 is 15.8 Å². The van der Waals surface area contributed by atoms with Crippen LogP contribution in [0, 0.1) is 5.41 Å². The molecular formula is C16H24BrClN2O2. The minimum absolute atomic E-state index is 0. The highest BCUT2D eigenvalue weighted by atomic mass is 79.9. The zero-order valence-electron chi connectivity index (χ0n) is 12.9. The fraction of sp³-hybridized carbons (Fsp3) is 0.562. The van der Waals surface area contributed by atoms with E-state index in [9.17, 15) is 4.79 Å². The molecule has 0 aliphatic heterocycles. The number of nitrogens with two attached hydrogens (primary N) is 1. The molecule has 0 saturated heterocycles. The second kappa shape index (κ2) is 8.75. The number of halogens is 2. The molecule has 3 N–H and O–H groups in total. The molecule has 0 bridgehead atoms. The third-order valence-electron chi connectivity index (χ3n) is 4.32. The average Bonchev–Trinajstić information content (AvgIpc) is 2.48. The van der Waals surface area contributed by atoms with Crippen molar-refractivity contribution >= 4 is 39.9 Å². The van der Waals surface area contributed by atoms with E-state index in [0.717, 1.165) is 17.3 Å². The van der Waals surface area contributed by atoms with Gasteiger partial charge in [-0.15, -0.1) is 12.4 Å². The summed E-state index contributed by atoms with van der Waals surface area (Å²) in [4.78, 5) is 12.4. The molecule has 1 amide bonds. The van der Waals surface area contributed by atoms with Gasteiger partial charge in [-0.3, -0.25) is 4.79 Å². The number of hydrogen-bond acceptors (Lipinski definition) is 3. The Kier molecular flexibility index (Phi) is 7.66. The molecule has 22 heavy (non-hydrogen) atoms. The van der Waals surface area contributed by atoms with Crippen molar-refractivity contribution in [2.24, 2.45) is 11.1 Å². The Bertz CT molecular complexity index is 505. The monoisotopic (exact) mass is 390 g/mol. The van der Waals surface area contributed by atoms with E-state index in [0.29, 0.717) is 24.4 Å². The molecule has 1 saturated carbocycles. The maximum atomic E-state index is 12.4. The van der Waals surface area contributed by atoms with E-state index in [1.807, 2.05) is 18.2 Å². The molecule has 0 spiro atoms. The number of methoxy groups -OCH3 is 1. The van der Waals surface area contributed by atoms with Gasteiger partial charge in [0.25, 0.3) is 0 Å². The number of carbonyl (C=O) groups is 1. The molecular weight excluding hydrogens is 368 g/mol. The number of anilines is 1. The van der Waals surface area contributed by atoms with Gasteiger partial charge in [0.05, 0.1) is 12.8 Å². The summed E-state index contributed by atoms with van der Waals surface area (Å²) in [5.41, 5.74) is 6.62. The van der Waals surface area contributed by atoms with Gasteiger partial charge in [0.1, 0.15) is 5.75 Å². The molecule has 124 valence electrons. The van der Waals surface area contributed by atoms with Crippen LogP contribution in [-0.4, -0.2) is 19.6 Å². The van der Waals surface area contributed by atoms with Crippen LogP contribution < -0.4 is 15.8 Å². The molecule has 1 aliphatic carbocycles. The summed E-state index contributed by atoms with van der Waals surface area (Å²) in [5.74, 6) is 0.677. The second-order valence-corrected chi connectivity index (χ2v) is 6.75. The largest absolute Gasteiger partial charge is 0.495 e. The number of amides is 1. The van der Waals surface area contributed by atoms with Crippen molar-refractivity contribution < 1.29 is 9.53 Å². The number of ether oxygens (including phenoxy) is 1. The summed E-state index contributed by atoms with van der Waals surface area (Å²) < 4.78 is 6.19. The maximum Gasteiger partial charge on any atom is 0.225 e. The zero-order chi connectivity index (χ0) is 15.3. The lowest BCUT2D eigenvalue weighted by molar-refractivity contribution is -0.118. The van der Waals surface area contributed by atoms with Gasteiger partial charge >= 0.3 is 0 Å². The summed E-state index contributed by atoms with van der Waals surface area (Å²) in [6.07, 6.45) is 6.18. The van der Waals surface area contributed by atoms with E-state index in [-0.39, 0.29) is 23.7 Å². The summed E-state index contributed by atoms with van der Waals surface area (Å²) >= 11 is 3.41. The predicted molar refractivity (Wildman–Crippen MR) is 95.8 cm³/mol. The van der Waals surface area contributed by atoms with E-state index >= 15 is 0 Å². The Morgan fingerprint density at radius 2 is 2.05 bits per heavy atom. The Labute approximate surface area is 146 Å². The number of rotatable bonds is 5. The molecule has 2 rings (SSSR count). The second-order valence-electron chi connectivity index (χ2n) is 5.83. The van der Waals surface area contributed by atoms with Gasteiger partial charge in [0, 0.05) is 10.9 Å². The number of benzene rings is 1. The van der Waals surface area contributed by atoms with Crippen LogP contribution in [0.4, 0.5) is 5.69 Å². The third kappa shape index (κ3) is 4.86. The predicted octanol–water partition coefficient (Wildman–Crippen LogP) is 4.12. The standard InChI is InChI=1S/C16H23BrN2O2.ClH/c1-21-14-6-5-12(17)9-13(14)19-15(20)10-16(11-18)7-3-2-4-8-16;/h5-6,9H,2-4,7-8,10-11,18H2,1H3,(H,19,20);1H. The topological polar surface area (TPSA) is 64.3 Å². The first kappa shape index (κ1) is 19.3.